The minimum Gasteiger partial charge on any atom is -0.480 e. The standard InChI is InChI=1S/C13H27NO3/c1-11(2)8-6-4-5-7-9-14-12(10-17-3)13(15)16/h11-12,14H,4-10H2,1-3H3,(H,15,16). The molecule has 0 aromatic carbocycles. The molecule has 1 unspecified atom stereocenters. The van der Waals surface area contributed by atoms with Crippen molar-refractivity contribution < 1.29 is 14.6 Å². The summed E-state index contributed by atoms with van der Waals surface area (Å²) < 4.78 is 4.84. The second-order valence-electron chi connectivity index (χ2n) is 4.90. The van der Waals surface area contributed by atoms with Crippen LogP contribution in [-0.4, -0.2) is 37.4 Å². The normalized spacial score (nSPS) is 12.9. The Morgan fingerprint density at radius 3 is 2.41 bits per heavy atom. The molecule has 0 aliphatic rings. The first-order valence-corrected chi connectivity index (χ1v) is 6.53. The number of methoxy groups -OCH3 is 1. The summed E-state index contributed by atoms with van der Waals surface area (Å²) >= 11 is 0. The van der Waals surface area contributed by atoms with Crippen molar-refractivity contribution in [2.24, 2.45) is 5.92 Å². The van der Waals surface area contributed by atoms with Gasteiger partial charge in [-0.15, -0.1) is 0 Å². The van der Waals surface area contributed by atoms with Crippen molar-refractivity contribution in [1.29, 1.82) is 0 Å². The van der Waals surface area contributed by atoms with Crippen molar-refractivity contribution >= 4 is 5.97 Å². The van der Waals surface area contributed by atoms with Crippen LogP contribution in [0.15, 0.2) is 0 Å². The van der Waals surface area contributed by atoms with Gasteiger partial charge >= 0.3 is 5.97 Å². The van der Waals surface area contributed by atoms with Crippen LogP contribution >= 0.6 is 0 Å². The molecule has 0 amide bonds. The fourth-order valence-corrected chi connectivity index (χ4v) is 1.69. The number of hydrogen-bond acceptors (Lipinski definition) is 3. The van der Waals surface area contributed by atoms with Gasteiger partial charge in [0, 0.05) is 7.11 Å². The highest BCUT2D eigenvalue weighted by molar-refractivity contribution is 5.73. The first kappa shape index (κ1) is 16.4. The maximum absolute atomic E-state index is 10.8. The number of nitrogens with one attached hydrogen (secondary N) is 1. The number of ether oxygens (including phenoxy) is 1. The average molecular weight is 245 g/mol. The van der Waals surface area contributed by atoms with Gasteiger partial charge in [0.25, 0.3) is 0 Å². The quantitative estimate of drug-likeness (QED) is 0.548. The molecule has 0 radical (unpaired) electrons. The molecule has 0 spiro atoms. The van der Waals surface area contributed by atoms with E-state index in [2.05, 4.69) is 19.2 Å². The zero-order valence-electron chi connectivity index (χ0n) is 11.4. The fourth-order valence-electron chi connectivity index (χ4n) is 1.69. The molecule has 102 valence electrons. The third-order valence-electron chi connectivity index (χ3n) is 2.73. The molecule has 4 heteroatoms. The molecule has 0 aromatic heterocycles. The Morgan fingerprint density at radius 2 is 1.88 bits per heavy atom. The van der Waals surface area contributed by atoms with Crippen LogP contribution in [0.2, 0.25) is 0 Å². The third-order valence-corrected chi connectivity index (χ3v) is 2.73. The first-order valence-electron chi connectivity index (χ1n) is 6.53. The van der Waals surface area contributed by atoms with Crippen LogP contribution < -0.4 is 5.32 Å². The minimum atomic E-state index is -0.841. The van der Waals surface area contributed by atoms with Gasteiger partial charge in [-0.05, 0) is 18.9 Å². The molecule has 1 atom stereocenters. The molecule has 0 heterocycles. The molecule has 0 fully saturated rings. The summed E-state index contributed by atoms with van der Waals surface area (Å²) in [6.45, 7) is 5.46. The monoisotopic (exact) mass is 245 g/mol. The highest BCUT2D eigenvalue weighted by atomic mass is 16.5. The van der Waals surface area contributed by atoms with E-state index in [0.29, 0.717) is 0 Å². The Balaban J connectivity index is 3.39. The Labute approximate surface area is 105 Å². The van der Waals surface area contributed by atoms with Crippen LogP contribution in [0.1, 0.15) is 46.0 Å². The number of aliphatic carboxylic acids is 1. The highest BCUT2D eigenvalue weighted by Gasteiger charge is 2.15. The Kier molecular flexibility index (Phi) is 10.2. The summed E-state index contributed by atoms with van der Waals surface area (Å²) in [5, 5.41) is 11.9. The smallest absolute Gasteiger partial charge is 0.323 e. The summed E-state index contributed by atoms with van der Waals surface area (Å²) in [6.07, 6.45) is 6.00. The average Bonchev–Trinajstić information content (AvgIpc) is 2.25. The molecule has 0 saturated heterocycles. The SMILES string of the molecule is COCC(NCCCCCCC(C)C)C(=O)O. The second-order valence-corrected chi connectivity index (χ2v) is 4.90. The molecule has 0 aliphatic heterocycles. The second kappa shape index (κ2) is 10.5. The van der Waals surface area contributed by atoms with Crippen molar-refractivity contribution in [2.75, 3.05) is 20.3 Å². The summed E-state index contributed by atoms with van der Waals surface area (Å²) in [5.74, 6) is -0.0575. The van der Waals surface area contributed by atoms with Gasteiger partial charge in [0.05, 0.1) is 6.61 Å². The number of rotatable bonds is 11. The van der Waals surface area contributed by atoms with Gasteiger partial charge in [-0.2, -0.15) is 0 Å². The summed E-state index contributed by atoms with van der Waals surface area (Å²) in [5.41, 5.74) is 0. The van der Waals surface area contributed by atoms with Gasteiger partial charge < -0.3 is 15.2 Å². The zero-order valence-corrected chi connectivity index (χ0v) is 11.4. The van der Waals surface area contributed by atoms with Crippen LogP contribution in [0.25, 0.3) is 0 Å². The van der Waals surface area contributed by atoms with Crippen molar-refractivity contribution in [1.82, 2.24) is 5.32 Å². The summed E-state index contributed by atoms with van der Waals surface area (Å²) in [7, 11) is 1.52. The maximum Gasteiger partial charge on any atom is 0.323 e. The predicted octanol–water partition coefficient (Wildman–Crippen LogP) is 2.28. The molecule has 0 aromatic rings. The van der Waals surface area contributed by atoms with Gasteiger partial charge in [0.1, 0.15) is 6.04 Å². The molecule has 0 saturated carbocycles. The number of carboxylic acids is 1. The molecule has 4 nitrogen and oxygen atoms in total. The first-order chi connectivity index (χ1) is 8.07. The summed E-state index contributed by atoms with van der Waals surface area (Å²) in [4.78, 5) is 10.8. The third kappa shape index (κ3) is 10.3. The van der Waals surface area contributed by atoms with Crippen molar-refractivity contribution in [2.45, 2.75) is 52.0 Å². The number of carbonyl (C=O) groups is 1. The topological polar surface area (TPSA) is 58.6 Å². The van der Waals surface area contributed by atoms with Crippen molar-refractivity contribution in [3.8, 4) is 0 Å². The number of hydrogen-bond donors (Lipinski definition) is 2. The van der Waals surface area contributed by atoms with Gasteiger partial charge in [0.2, 0.25) is 0 Å². The lowest BCUT2D eigenvalue weighted by Gasteiger charge is -2.13. The zero-order chi connectivity index (χ0) is 13.1. The van der Waals surface area contributed by atoms with Crippen molar-refractivity contribution in [3.63, 3.8) is 0 Å². The Hall–Kier alpha value is -0.610. The van der Waals surface area contributed by atoms with Crippen molar-refractivity contribution in [3.05, 3.63) is 0 Å². The van der Waals surface area contributed by atoms with E-state index in [1.807, 2.05) is 0 Å². The van der Waals surface area contributed by atoms with Gasteiger partial charge in [-0.3, -0.25) is 4.79 Å². The fraction of sp³-hybridized carbons (Fsp3) is 0.923. The van der Waals surface area contributed by atoms with E-state index in [9.17, 15) is 4.79 Å². The highest BCUT2D eigenvalue weighted by Crippen LogP contribution is 2.08. The van der Waals surface area contributed by atoms with Crippen LogP contribution in [0.3, 0.4) is 0 Å². The number of carboxylic acid groups (broad SMARTS) is 1. The molecule has 0 rings (SSSR count). The maximum atomic E-state index is 10.8. The van der Waals surface area contributed by atoms with Gasteiger partial charge in [-0.25, -0.2) is 0 Å². The number of unbranched alkanes of at least 4 members (excludes halogenated alkanes) is 3. The largest absolute Gasteiger partial charge is 0.480 e. The lowest BCUT2D eigenvalue weighted by molar-refractivity contribution is -0.140. The molecule has 2 N–H and O–H groups in total. The molecule has 17 heavy (non-hydrogen) atoms. The van der Waals surface area contributed by atoms with E-state index in [0.717, 1.165) is 18.9 Å². The predicted molar refractivity (Wildman–Crippen MR) is 69.2 cm³/mol. The van der Waals surface area contributed by atoms with E-state index < -0.39 is 12.0 Å². The van der Waals surface area contributed by atoms with E-state index in [-0.39, 0.29) is 6.61 Å². The van der Waals surface area contributed by atoms with Crippen LogP contribution in [-0.2, 0) is 9.53 Å². The van der Waals surface area contributed by atoms with E-state index >= 15 is 0 Å². The Morgan fingerprint density at radius 1 is 1.24 bits per heavy atom. The van der Waals surface area contributed by atoms with E-state index in [1.165, 1.54) is 32.8 Å². The summed E-state index contributed by atoms with van der Waals surface area (Å²) in [6, 6.07) is -0.573. The van der Waals surface area contributed by atoms with E-state index in [4.69, 9.17) is 9.84 Å². The molecular formula is C13H27NO3. The minimum absolute atomic E-state index is 0.225. The molecule has 0 bridgehead atoms. The molecule has 0 aliphatic carbocycles. The van der Waals surface area contributed by atoms with Crippen LogP contribution in [0, 0.1) is 5.92 Å². The lowest BCUT2D eigenvalue weighted by Crippen LogP contribution is -2.40. The van der Waals surface area contributed by atoms with Gasteiger partial charge in [0.15, 0.2) is 0 Å². The van der Waals surface area contributed by atoms with Gasteiger partial charge in [-0.1, -0.05) is 39.5 Å². The van der Waals surface area contributed by atoms with Crippen LogP contribution in [0.5, 0.6) is 0 Å². The lowest BCUT2D eigenvalue weighted by atomic mass is 10.0. The molecular weight excluding hydrogens is 218 g/mol. The van der Waals surface area contributed by atoms with Crippen LogP contribution in [0.4, 0.5) is 0 Å². The Bertz CT molecular complexity index is 195. The van der Waals surface area contributed by atoms with E-state index in [1.54, 1.807) is 0 Å².